The number of fused-ring (bicyclic) bond motifs is 1. The summed E-state index contributed by atoms with van der Waals surface area (Å²) in [5.74, 6) is 2.41. The summed E-state index contributed by atoms with van der Waals surface area (Å²) in [6.07, 6.45) is 1.79. The highest BCUT2D eigenvalue weighted by Crippen LogP contribution is 2.16. The molecule has 0 saturated heterocycles. The number of nitrogens with one attached hydrogen (secondary N) is 1. The van der Waals surface area contributed by atoms with Crippen LogP contribution in [0.1, 0.15) is 11.4 Å². The van der Waals surface area contributed by atoms with Crippen LogP contribution in [0.2, 0.25) is 0 Å². The first kappa shape index (κ1) is 13.3. The lowest BCUT2D eigenvalue weighted by atomic mass is 10.2. The van der Waals surface area contributed by atoms with Crippen LogP contribution in [0.25, 0.3) is 5.65 Å². The Morgan fingerprint density at radius 2 is 2.05 bits per heavy atom. The molecule has 0 aliphatic carbocycles. The molecule has 0 aromatic carbocycles. The molecule has 3 aromatic rings. The van der Waals surface area contributed by atoms with Gasteiger partial charge in [-0.2, -0.15) is 0 Å². The van der Waals surface area contributed by atoms with Gasteiger partial charge in [-0.3, -0.25) is 0 Å². The van der Waals surface area contributed by atoms with Crippen molar-refractivity contribution in [3.05, 3.63) is 41.9 Å². The van der Waals surface area contributed by atoms with Gasteiger partial charge in [0, 0.05) is 32.4 Å². The zero-order valence-corrected chi connectivity index (χ0v) is 12.3. The summed E-state index contributed by atoms with van der Waals surface area (Å²) in [5, 5.41) is 11.9. The second-order valence-corrected chi connectivity index (χ2v) is 4.96. The standard InChI is InChI=1S/C14H17N7/c1-10-17-13-7-6-12(19-21(13)18-10)16-9-11-5-4-8-15-14(11)20(2)3/h4-8H,9H2,1-3H3,(H,16,19). The third-order valence-corrected chi connectivity index (χ3v) is 3.06. The van der Waals surface area contributed by atoms with Gasteiger partial charge in [0.1, 0.15) is 17.5 Å². The summed E-state index contributed by atoms with van der Waals surface area (Å²) in [7, 11) is 3.96. The Bertz CT molecular complexity index is 763. The van der Waals surface area contributed by atoms with E-state index in [4.69, 9.17) is 0 Å². The molecule has 21 heavy (non-hydrogen) atoms. The Labute approximate surface area is 122 Å². The van der Waals surface area contributed by atoms with Crippen molar-refractivity contribution >= 4 is 17.3 Å². The maximum Gasteiger partial charge on any atom is 0.176 e. The van der Waals surface area contributed by atoms with Crippen molar-refractivity contribution in [3.8, 4) is 0 Å². The number of nitrogens with zero attached hydrogens (tertiary/aromatic N) is 6. The van der Waals surface area contributed by atoms with E-state index in [1.54, 1.807) is 6.20 Å². The monoisotopic (exact) mass is 283 g/mol. The van der Waals surface area contributed by atoms with E-state index in [-0.39, 0.29) is 0 Å². The maximum atomic E-state index is 4.38. The van der Waals surface area contributed by atoms with Crippen LogP contribution >= 0.6 is 0 Å². The first-order valence-electron chi connectivity index (χ1n) is 6.69. The minimum absolute atomic E-state index is 0.646. The normalized spacial score (nSPS) is 10.8. The van der Waals surface area contributed by atoms with Crippen LogP contribution in [0.5, 0.6) is 0 Å². The lowest BCUT2D eigenvalue weighted by Crippen LogP contribution is -2.15. The lowest BCUT2D eigenvalue weighted by molar-refractivity contribution is 0.787. The highest BCUT2D eigenvalue weighted by atomic mass is 15.5. The second kappa shape index (κ2) is 5.35. The van der Waals surface area contributed by atoms with Crippen LogP contribution in [0.15, 0.2) is 30.5 Å². The van der Waals surface area contributed by atoms with Crippen LogP contribution in [-0.2, 0) is 6.54 Å². The molecule has 0 radical (unpaired) electrons. The van der Waals surface area contributed by atoms with Crippen LogP contribution < -0.4 is 10.2 Å². The third-order valence-electron chi connectivity index (χ3n) is 3.06. The zero-order valence-electron chi connectivity index (χ0n) is 12.3. The van der Waals surface area contributed by atoms with E-state index >= 15 is 0 Å². The SMILES string of the molecule is Cc1nc2ccc(NCc3cccnc3N(C)C)nn2n1. The highest BCUT2D eigenvalue weighted by Gasteiger charge is 2.06. The first-order valence-corrected chi connectivity index (χ1v) is 6.69. The largest absolute Gasteiger partial charge is 0.364 e. The van der Waals surface area contributed by atoms with Gasteiger partial charge in [-0.15, -0.1) is 14.8 Å². The molecule has 1 N–H and O–H groups in total. The number of aryl methyl sites for hydroxylation is 1. The fourth-order valence-corrected chi connectivity index (χ4v) is 2.14. The topological polar surface area (TPSA) is 71.2 Å². The van der Waals surface area contributed by atoms with Gasteiger partial charge in [-0.25, -0.2) is 9.97 Å². The molecule has 0 fully saturated rings. The minimum Gasteiger partial charge on any atom is -0.364 e. The molecule has 0 aliphatic rings. The Balaban J connectivity index is 1.80. The number of anilines is 2. The Kier molecular flexibility index (Phi) is 3.39. The quantitative estimate of drug-likeness (QED) is 0.782. The van der Waals surface area contributed by atoms with Gasteiger partial charge in [0.2, 0.25) is 0 Å². The highest BCUT2D eigenvalue weighted by molar-refractivity contribution is 5.48. The minimum atomic E-state index is 0.646. The fourth-order valence-electron chi connectivity index (χ4n) is 2.14. The van der Waals surface area contributed by atoms with Gasteiger partial charge in [0.05, 0.1) is 0 Å². The predicted octanol–water partition coefficient (Wildman–Crippen LogP) is 1.51. The summed E-state index contributed by atoms with van der Waals surface area (Å²) in [6.45, 7) is 2.49. The second-order valence-electron chi connectivity index (χ2n) is 4.96. The van der Waals surface area contributed by atoms with Gasteiger partial charge in [0.25, 0.3) is 0 Å². The van der Waals surface area contributed by atoms with Crippen molar-refractivity contribution in [2.75, 3.05) is 24.3 Å². The Hall–Kier alpha value is -2.70. The molecule has 7 heteroatoms. The van der Waals surface area contributed by atoms with E-state index in [1.165, 1.54) is 4.63 Å². The molecular formula is C14H17N7. The Morgan fingerprint density at radius 1 is 1.19 bits per heavy atom. The molecular weight excluding hydrogens is 266 g/mol. The number of rotatable bonds is 4. The number of hydrogen-bond acceptors (Lipinski definition) is 6. The fraction of sp³-hybridized carbons (Fsp3) is 0.286. The lowest BCUT2D eigenvalue weighted by Gasteiger charge is -2.16. The summed E-state index contributed by atoms with van der Waals surface area (Å²) in [4.78, 5) is 10.6. The van der Waals surface area contributed by atoms with Crippen molar-refractivity contribution in [2.24, 2.45) is 0 Å². The molecule has 3 aromatic heterocycles. The van der Waals surface area contributed by atoms with Gasteiger partial charge in [0.15, 0.2) is 5.65 Å². The van der Waals surface area contributed by atoms with E-state index in [0.717, 1.165) is 22.8 Å². The van der Waals surface area contributed by atoms with Gasteiger partial charge in [-0.1, -0.05) is 6.07 Å². The summed E-state index contributed by atoms with van der Waals surface area (Å²) < 4.78 is 1.54. The van der Waals surface area contributed by atoms with Crippen molar-refractivity contribution in [3.63, 3.8) is 0 Å². The van der Waals surface area contributed by atoms with Crippen LogP contribution in [0, 0.1) is 6.92 Å². The molecule has 0 unspecified atom stereocenters. The molecule has 0 atom stereocenters. The van der Waals surface area contributed by atoms with E-state index in [1.807, 2.05) is 50.2 Å². The molecule has 3 rings (SSSR count). The van der Waals surface area contributed by atoms with E-state index in [9.17, 15) is 0 Å². The average Bonchev–Trinajstić information content (AvgIpc) is 2.84. The number of pyridine rings is 1. The average molecular weight is 283 g/mol. The van der Waals surface area contributed by atoms with Gasteiger partial charge >= 0.3 is 0 Å². The number of aromatic nitrogens is 5. The van der Waals surface area contributed by atoms with Crippen LogP contribution in [-0.4, -0.2) is 38.9 Å². The van der Waals surface area contributed by atoms with E-state index in [0.29, 0.717) is 12.4 Å². The molecule has 0 saturated carbocycles. The molecule has 7 nitrogen and oxygen atoms in total. The number of hydrogen-bond donors (Lipinski definition) is 1. The molecule has 0 spiro atoms. The van der Waals surface area contributed by atoms with Crippen molar-refractivity contribution in [1.29, 1.82) is 0 Å². The van der Waals surface area contributed by atoms with Crippen LogP contribution in [0.3, 0.4) is 0 Å². The van der Waals surface area contributed by atoms with E-state index < -0.39 is 0 Å². The Morgan fingerprint density at radius 3 is 2.86 bits per heavy atom. The van der Waals surface area contributed by atoms with E-state index in [2.05, 4.69) is 25.5 Å². The zero-order chi connectivity index (χ0) is 14.8. The third kappa shape index (κ3) is 2.76. The smallest absolute Gasteiger partial charge is 0.176 e. The van der Waals surface area contributed by atoms with Gasteiger partial charge in [-0.05, 0) is 25.1 Å². The molecule has 0 bridgehead atoms. The molecule has 3 heterocycles. The summed E-state index contributed by atoms with van der Waals surface area (Å²) in [5.41, 5.74) is 1.85. The summed E-state index contributed by atoms with van der Waals surface area (Å²) >= 11 is 0. The molecule has 0 aliphatic heterocycles. The molecule has 108 valence electrons. The maximum absolute atomic E-state index is 4.38. The molecule has 0 amide bonds. The van der Waals surface area contributed by atoms with Crippen LogP contribution in [0.4, 0.5) is 11.6 Å². The van der Waals surface area contributed by atoms with Crippen molar-refractivity contribution < 1.29 is 0 Å². The first-order chi connectivity index (χ1) is 10.1. The van der Waals surface area contributed by atoms with Gasteiger partial charge < -0.3 is 10.2 Å². The predicted molar refractivity (Wildman–Crippen MR) is 81.4 cm³/mol. The van der Waals surface area contributed by atoms with Crippen molar-refractivity contribution in [1.82, 2.24) is 24.8 Å². The van der Waals surface area contributed by atoms with Crippen molar-refractivity contribution in [2.45, 2.75) is 13.5 Å². The summed E-state index contributed by atoms with van der Waals surface area (Å²) in [6, 6.07) is 7.77.